The number of imide groups is 1. The molecule has 0 spiro atoms. The average Bonchev–Trinajstić information content (AvgIpc) is 2.88. The summed E-state index contributed by atoms with van der Waals surface area (Å²) >= 11 is 0. The molecular weight excluding hydrogens is 322 g/mol. The Hall–Kier alpha value is -2.37. The number of nitrogens with zero attached hydrogens (tertiary/aromatic N) is 1. The van der Waals surface area contributed by atoms with Gasteiger partial charge in [0.25, 0.3) is 0 Å². The lowest BCUT2D eigenvalue weighted by Crippen LogP contribution is -2.42. The molecule has 0 radical (unpaired) electrons. The number of carbonyl (C=O) groups excluding carboxylic acids is 2. The van der Waals surface area contributed by atoms with Crippen LogP contribution in [0.4, 0.5) is 4.79 Å². The second kappa shape index (κ2) is 8.14. The molecule has 6 heteroatoms. The van der Waals surface area contributed by atoms with Gasteiger partial charge in [0.1, 0.15) is 6.10 Å². The molecule has 1 aromatic rings. The van der Waals surface area contributed by atoms with Crippen LogP contribution in [0.2, 0.25) is 0 Å². The van der Waals surface area contributed by atoms with Crippen molar-refractivity contribution in [1.29, 1.82) is 0 Å². The highest BCUT2D eigenvalue weighted by Gasteiger charge is 2.45. The Bertz CT molecular complexity index is 630. The van der Waals surface area contributed by atoms with Gasteiger partial charge in [-0.25, -0.2) is 9.69 Å². The van der Waals surface area contributed by atoms with Crippen molar-refractivity contribution in [3.05, 3.63) is 35.9 Å². The van der Waals surface area contributed by atoms with Gasteiger partial charge in [-0.3, -0.25) is 9.59 Å². The van der Waals surface area contributed by atoms with Gasteiger partial charge >= 0.3 is 12.1 Å². The largest absolute Gasteiger partial charge is 0.481 e. The summed E-state index contributed by atoms with van der Waals surface area (Å²) in [6.07, 6.45) is -0.238. The Morgan fingerprint density at radius 1 is 1.28 bits per heavy atom. The number of hydrogen-bond donors (Lipinski definition) is 1. The molecular formula is C19H25NO5. The van der Waals surface area contributed by atoms with Crippen molar-refractivity contribution < 1.29 is 24.2 Å². The van der Waals surface area contributed by atoms with Crippen molar-refractivity contribution in [3.63, 3.8) is 0 Å². The topological polar surface area (TPSA) is 83.9 Å². The van der Waals surface area contributed by atoms with Crippen LogP contribution >= 0.6 is 0 Å². The van der Waals surface area contributed by atoms with Gasteiger partial charge in [-0.05, 0) is 24.8 Å². The van der Waals surface area contributed by atoms with E-state index in [-0.39, 0.29) is 12.3 Å². The zero-order chi connectivity index (χ0) is 18.6. The van der Waals surface area contributed by atoms with Crippen LogP contribution in [0.3, 0.4) is 0 Å². The molecule has 1 saturated heterocycles. The summed E-state index contributed by atoms with van der Waals surface area (Å²) in [6, 6.07) is 8.76. The minimum Gasteiger partial charge on any atom is -0.481 e. The minimum atomic E-state index is -1.04. The van der Waals surface area contributed by atoms with Crippen LogP contribution in [0.5, 0.6) is 0 Å². The van der Waals surface area contributed by atoms with Gasteiger partial charge in [-0.2, -0.15) is 0 Å². The van der Waals surface area contributed by atoms with E-state index >= 15 is 0 Å². The predicted molar refractivity (Wildman–Crippen MR) is 91.8 cm³/mol. The quantitative estimate of drug-likeness (QED) is 0.814. The van der Waals surface area contributed by atoms with Gasteiger partial charge in [0, 0.05) is 5.92 Å². The first-order chi connectivity index (χ1) is 11.8. The summed E-state index contributed by atoms with van der Waals surface area (Å²) in [5, 5.41) is 9.14. The van der Waals surface area contributed by atoms with Gasteiger partial charge in [0.15, 0.2) is 0 Å². The summed E-state index contributed by atoms with van der Waals surface area (Å²) in [7, 11) is 0. The Morgan fingerprint density at radius 3 is 2.48 bits per heavy atom. The predicted octanol–water partition coefficient (Wildman–Crippen LogP) is 3.62. The highest BCUT2D eigenvalue weighted by Crippen LogP contribution is 2.34. The fraction of sp³-hybridized carbons (Fsp3) is 0.526. The highest BCUT2D eigenvalue weighted by molar-refractivity contribution is 5.96. The maximum Gasteiger partial charge on any atom is 0.417 e. The lowest BCUT2D eigenvalue weighted by atomic mass is 9.90. The third-order valence-electron chi connectivity index (χ3n) is 4.79. The number of rotatable bonds is 7. The molecule has 1 fully saturated rings. The zero-order valence-corrected chi connectivity index (χ0v) is 14.8. The summed E-state index contributed by atoms with van der Waals surface area (Å²) in [4.78, 5) is 37.4. The Morgan fingerprint density at radius 2 is 1.92 bits per heavy atom. The fourth-order valence-corrected chi connectivity index (χ4v) is 3.18. The molecule has 2 rings (SSSR count). The van der Waals surface area contributed by atoms with E-state index in [1.807, 2.05) is 44.2 Å². The molecule has 1 N–H and O–H groups in total. The van der Waals surface area contributed by atoms with E-state index in [9.17, 15) is 14.4 Å². The third kappa shape index (κ3) is 4.38. The van der Waals surface area contributed by atoms with Gasteiger partial charge in [-0.15, -0.1) is 0 Å². The number of carboxylic acid groups (broad SMARTS) is 1. The molecule has 6 nitrogen and oxygen atoms in total. The number of amides is 2. The van der Waals surface area contributed by atoms with E-state index in [2.05, 4.69) is 0 Å². The maximum atomic E-state index is 12.9. The second-order valence-corrected chi connectivity index (χ2v) is 6.71. The Balaban J connectivity index is 2.20. The van der Waals surface area contributed by atoms with E-state index in [1.54, 1.807) is 6.92 Å². The molecule has 0 aromatic heterocycles. The van der Waals surface area contributed by atoms with E-state index in [1.165, 1.54) is 0 Å². The molecule has 136 valence electrons. The molecule has 1 aliphatic rings. The van der Waals surface area contributed by atoms with Crippen LogP contribution in [0, 0.1) is 11.8 Å². The molecule has 0 aliphatic carbocycles. The molecule has 0 bridgehead atoms. The number of cyclic esters (lactones) is 1. The normalized spacial score (nSPS) is 22.4. The maximum absolute atomic E-state index is 12.9. The van der Waals surface area contributed by atoms with Crippen LogP contribution in [-0.2, 0) is 14.3 Å². The average molecular weight is 347 g/mol. The Kier molecular flexibility index (Phi) is 6.17. The molecule has 1 aromatic carbocycles. The third-order valence-corrected chi connectivity index (χ3v) is 4.79. The Labute approximate surface area is 147 Å². The monoisotopic (exact) mass is 347 g/mol. The van der Waals surface area contributed by atoms with Crippen LogP contribution in [0.25, 0.3) is 0 Å². The molecule has 0 saturated carbocycles. The van der Waals surface area contributed by atoms with Crippen LogP contribution in [-0.4, -0.2) is 34.0 Å². The van der Waals surface area contributed by atoms with Crippen LogP contribution in [0.15, 0.2) is 30.3 Å². The molecule has 2 amide bonds. The molecule has 1 heterocycles. The number of hydrogen-bond acceptors (Lipinski definition) is 4. The van der Waals surface area contributed by atoms with E-state index in [0.717, 1.165) is 16.9 Å². The fourth-order valence-electron chi connectivity index (χ4n) is 3.18. The van der Waals surface area contributed by atoms with E-state index < -0.39 is 36.0 Å². The smallest absolute Gasteiger partial charge is 0.417 e. The van der Waals surface area contributed by atoms with Gasteiger partial charge in [0.2, 0.25) is 5.91 Å². The second-order valence-electron chi connectivity index (χ2n) is 6.71. The number of benzene rings is 1. The van der Waals surface area contributed by atoms with Crippen LogP contribution < -0.4 is 0 Å². The standard InChI is InChI=1S/C19H25NO5/c1-4-12(2)10-15(11-16(21)22)18(23)20-13(3)17(25-19(20)24)14-8-6-5-7-9-14/h5-9,12-13,15,17H,4,10-11H2,1-3H3,(H,21,22)/t12-,13-,15+,17-/m1/s1. The number of carbonyl (C=O) groups is 3. The van der Waals surface area contributed by atoms with E-state index in [0.29, 0.717) is 6.42 Å². The zero-order valence-electron chi connectivity index (χ0n) is 14.8. The number of aliphatic carboxylic acids is 1. The molecule has 1 aliphatic heterocycles. The lowest BCUT2D eigenvalue weighted by Gasteiger charge is -2.25. The first-order valence-electron chi connectivity index (χ1n) is 8.65. The summed E-state index contributed by atoms with van der Waals surface area (Å²) in [5.74, 6) is -2.02. The number of carboxylic acids is 1. The number of ether oxygens (including phenoxy) is 1. The van der Waals surface area contributed by atoms with Gasteiger partial charge < -0.3 is 9.84 Å². The first-order valence-corrected chi connectivity index (χ1v) is 8.65. The lowest BCUT2D eigenvalue weighted by molar-refractivity contribution is -0.144. The summed E-state index contributed by atoms with van der Waals surface area (Å²) in [6.45, 7) is 5.72. The van der Waals surface area contributed by atoms with Crippen molar-refractivity contribution >= 4 is 18.0 Å². The minimum absolute atomic E-state index is 0.201. The molecule has 4 atom stereocenters. The molecule has 0 unspecified atom stereocenters. The van der Waals surface area contributed by atoms with Crippen LogP contribution in [0.1, 0.15) is 51.7 Å². The summed E-state index contributed by atoms with van der Waals surface area (Å²) in [5.41, 5.74) is 0.815. The molecule has 25 heavy (non-hydrogen) atoms. The van der Waals surface area contributed by atoms with E-state index in [4.69, 9.17) is 9.84 Å². The SMILES string of the molecule is CC[C@@H](C)C[C@@H](CC(=O)O)C(=O)N1C(=O)O[C@@H](c2ccccc2)[C@H]1C. The van der Waals surface area contributed by atoms with Crippen molar-refractivity contribution in [1.82, 2.24) is 4.90 Å². The highest BCUT2D eigenvalue weighted by atomic mass is 16.6. The van der Waals surface area contributed by atoms with Gasteiger partial charge in [-0.1, -0.05) is 50.6 Å². The van der Waals surface area contributed by atoms with Crippen molar-refractivity contribution in [2.75, 3.05) is 0 Å². The van der Waals surface area contributed by atoms with Gasteiger partial charge in [0.05, 0.1) is 12.5 Å². The van der Waals surface area contributed by atoms with Crippen molar-refractivity contribution in [2.24, 2.45) is 11.8 Å². The van der Waals surface area contributed by atoms with Crippen molar-refractivity contribution in [2.45, 2.75) is 52.2 Å². The summed E-state index contributed by atoms with van der Waals surface area (Å²) < 4.78 is 5.40. The van der Waals surface area contributed by atoms with Crippen molar-refractivity contribution in [3.8, 4) is 0 Å². The first kappa shape index (κ1) is 19.0.